The summed E-state index contributed by atoms with van der Waals surface area (Å²) in [6, 6.07) is -0.672. The summed E-state index contributed by atoms with van der Waals surface area (Å²) in [5.74, 6) is -0.227. The van der Waals surface area contributed by atoms with E-state index in [0.29, 0.717) is 6.54 Å². The van der Waals surface area contributed by atoms with Crippen molar-refractivity contribution in [3.8, 4) is 0 Å². The van der Waals surface area contributed by atoms with Crippen LogP contribution in [0.3, 0.4) is 0 Å². The molecular weight excluding hydrogens is 132 g/mol. The van der Waals surface area contributed by atoms with E-state index >= 15 is 0 Å². The van der Waals surface area contributed by atoms with Gasteiger partial charge in [0.1, 0.15) is 0 Å². The summed E-state index contributed by atoms with van der Waals surface area (Å²) in [4.78, 5) is 22.3. The van der Waals surface area contributed by atoms with Gasteiger partial charge in [-0.05, 0) is 0 Å². The average molecular weight is 140 g/mol. The number of urea groups is 1. The van der Waals surface area contributed by atoms with Crippen molar-refractivity contribution in [2.75, 3.05) is 6.54 Å². The van der Waals surface area contributed by atoms with Crippen molar-refractivity contribution >= 4 is 11.9 Å². The number of rotatable bonds is 0. The van der Waals surface area contributed by atoms with Gasteiger partial charge in [0.15, 0.2) is 0 Å². The molecule has 0 radical (unpaired) electrons. The summed E-state index contributed by atoms with van der Waals surface area (Å²) < 4.78 is 0. The Bertz CT molecular complexity index is 198. The van der Waals surface area contributed by atoms with Crippen molar-refractivity contribution in [1.82, 2.24) is 4.90 Å². The van der Waals surface area contributed by atoms with Gasteiger partial charge in [-0.3, -0.25) is 9.69 Å². The molecule has 3 amide bonds. The standard InChI is InChI=1S/C6H8N2O2/c7-6(10)8-4-2-1-3-5(8)9/h1-2H,3-4H2,(H2,7,10). The van der Waals surface area contributed by atoms with Crippen LogP contribution in [0.5, 0.6) is 0 Å². The molecule has 1 rings (SSSR count). The van der Waals surface area contributed by atoms with Crippen molar-refractivity contribution in [3.05, 3.63) is 12.2 Å². The second-order valence-electron chi connectivity index (χ2n) is 2.02. The number of carbonyl (C=O) groups is 2. The molecule has 1 heterocycles. The summed E-state index contributed by atoms with van der Waals surface area (Å²) >= 11 is 0. The predicted octanol–water partition coefficient (Wildman–Crippen LogP) is -0.146. The first kappa shape index (κ1) is 6.80. The number of nitrogens with zero attached hydrogens (tertiary/aromatic N) is 1. The number of nitrogens with two attached hydrogens (primary N) is 1. The molecule has 54 valence electrons. The number of carbonyl (C=O) groups excluding carboxylic acids is 2. The minimum absolute atomic E-state index is 0.227. The van der Waals surface area contributed by atoms with E-state index in [4.69, 9.17) is 5.73 Å². The lowest BCUT2D eigenvalue weighted by Crippen LogP contribution is -2.41. The maximum atomic E-state index is 10.8. The van der Waals surface area contributed by atoms with E-state index in [9.17, 15) is 9.59 Å². The van der Waals surface area contributed by atoms with Crippen LogP contribution >= 0.6 is 0 Å². The van der Waals surface area contributed by atoms with Gasteiger partial charge in [0.2, 0.25) is 5.91 Å². The smallest absolute Gasteiger partial charge is 0.321 e. The zero-order valence-electron chi connectivity index (χ0n) is 5.41. The maximum absolute atomic E-state index is 10.8. The Morgan fingerprint density at radius 3 is 2.70 bits per heavy atom. The van der Waals surface area contributed by atoms with Crippen molar-refractivity contribution in [1.29, 1.82) is 0 Å². The Morgan fingerprint density at radius 2 is 2.30 bits per heavy atom. The number of hydrogen-bond donors (Lipinski definition) is 1. The predicted molar refractivity (Wildman–Crippen MR) is 35.1 cm³/mol. The Labute approximate surface area is 58.3 Å². The first-order chi connectivity index (χ1) is 4.72. The minimum atomic E-state index is -0.672. The molecule has 0 atom stereocenters. The molecule has 0 aromatic heterocycles. The first-order valence-electron chi connectivity index (χ1n) is 2.96. The van der Waals surface area contributed by atoms with Gasteiger partial charge in [-0.15, -0.1) is 0 Å². The summed E-state index contributed by atoms with van der Waals surface area (Å²) in [5, 5.41) is 0. The van der Waals surface area contributed by atoms with Gasteiger partial charge in [-0.2, -0.15) is 0 Å². The molecule has 0 bridgehead atoms. The van der Waals surface area contributed by atoms with Crippen LogP contribution < -0.4 is 5.73 Å². The van der Waals surface area contributed by atoms with Gasteiger partial charge in [0.25, 0.3) is 0 Å². The zero-order chi connectivity index (χ0) is 7.56. The van der Waals surface area contributed by atoms with Gasteiger partial charge in [0.05, 0.1) is 0 Å². The van der Waals surface area contributed by atoms with E-state index in [2.05, 4.69) is 0 Å². The van der Waals surface area contributed by atoms with Crippen molar-refractivity contribution in [2.45, 2.75) is 6.42 Å². The van der Waals surface area contributed by atoms with E-state index in [1.54, 1.807) is 12.2 Å². The second-order valence-corrected chi connectivity index (χ2v) is 2.02. The molecule has 1 aliphatic rings. The molecule has 4 nitrogen and oxygen atoms in total. The Morgan fingerprint density at radius 1 is 1.60 bits per heavy atom. The van der Waals surface area contributed by atoms with Gasteiger partial charge in [-0.1, -0.05) is 12.2 Å². The maximum Gasteiger partial charge on any atom is 0.321 e. The Kier molecular flexibility index (Phi) is 1.71. The average Bonchev–Trinajstić information content (AvgIpc) is 1.88. The SMILES string of the molecule is NC(=O)N1CC=CCC1=O. The Balaban J connectivity index is 2.68. The molecule has 0 aromatic carbocycles. The van der Waals surface area contributed by atoms with E-state index < -0.39 is 6.03 Å². The third kappa shape index (κ3) is 1.15. The van der Waals surface area contributed by atoms with E-state index in [-0.39, 0.29) is 12.3 Å². The van der Waals surface area contributed by atoms with Crippen LogP contribution in [0.15, 0.2) is 12.2 Å². The summed E-state index contributed by atoms with van der Waals surface area (Å²) in [6.45, 7) is 0.314. The van der Waals surface area contributed by atoms with E-state index in [0.717, 1.165) is 4.90 Å². The largest absolute Gasteiger partial charge is 0.351 e. The normalized spacial score (nSPS) is 17.6. The Hall–Kier alpha value is -1.32. The highest BCUT2D eigenvalue weighted by Gasteiger charge is 2.18. The van der Waals surface area contributed by atoms with Crippen LogP contribution in [0.1, 0.15) is 6.42 Å². The lowest BCUT2D eigenvalue weighted by molar-refractivity contribution is -0.127. The molecular formula is C6H8N2O2. The molecule has 0 spiro atoms. The van der Waals surface area contributed by atoms with Gasteiger partial charge < -0.3 is 5.73 Å². The third-order valence-corrected chi connectivity index (χ3v) is 1.31. The van der Waals surface area contributed by atoms with Crippen molar-refractivity contribution < 1.29 is 9.59 Å². The lowest BCUT2D eigenvalue weighted by atomic mass is 10.2. The van der Waals surface area contributed by atoms with Crippen LogP contribution in [-0.4, -0.2) is 23.4 Å². The van der Waals surface area contributed by atoms with Crippen LogP contribution in [0.2, 0.25) is 0 Å². The number of hydrogen-bond acceptors (Lipinski definition) is 2. The second kappa shape index (κ2) is 2.51. The highest BCUT2D eigenvalue weighted by atomic mass is 16.2. The monoisotopic (exact) mass is 140 g/mol. The first-order valence-corrected chi connectivity index (χ1v) is 2.96. The topological polar surface area (TPSA) is 63.4 Å². The molecule has 0 saturated carbocycles. The van der Waals surface area contributed by atoms with Crippen LogP contribution in [0.25, 0.3) is 0 Å². The molecule has 10 heavy (non-hydrogen) atoms. The molecule has 0 unspecified atom stereocenters. The summed E-state index contributed by atoms with van der Waals surface area (Å²) in [6.07, 6.45) is 3.75. The number of amides is 3. The molecule has 0 aromatic rings. The fourth-order valence-corrected chi connectivity index (χ4v) is 0.789. The highest BCUT2D eigenvalue weighted by Crippen LogP contribution is 2.01. The van der Waals surface area contributed by atoms with Crippen LogP contribution in [0, 0.1) is 0 Å². The lowest BCUT2D eigenvalue weighted by Gasteiger charge is -2.18. The molecule has 1 aliphatic heterocycles. The highest BCUT2D eigenvalue weighted by molar-refractivity contribution is 5.95. The zero-order valence-corrected chi connectivity index (χ0v) is 5.41. The number of primary amides is 1. The minimum Gasteiger partial charge on any atom is -0.351 e. The summed E-state index contributed by atoms with van der Waals surface area (Å²) in [7, 11) is 0. The van der Waals surface area contributed by atoms with Gasteiger partial charge in [-0.25, -0.2) is 4.79 Å². The fourth-order valence-electron chi connectivity index (χ4n) is 0.789. The summed E-state index contributed by atoms with van der Waals surface area (Å²) in [5.41, 5.74) is 4.89. The molecule has 2 N–H and O–H groups in total. The van der Waals surface area contributed by atoms with Crippen molar-refractivity contribution in [2.24, 2.45) is 5.73 Å². The fraction of sp³-hybridized carbons (Fsp3) is 0.333. The van der Waals surface area contributed by atoms with Gasteiger partial charge >= 0.3 is 6.03 Å². The van der Waals surface area contributed by atoms with Crippen molar-refractivity contribution in [3.63, 3.8) is 0 Å². The molecule has 0 aliphatic carbocycles. The van der Waals surface area contributed by atoms with Gasteiger partial charge in [0, 0.05) is 13.0 Å². The molecule has 0 fully saturated rings. The van der Waals surface area contributed by atoms with Crippen LogP contribution in [0.4, 0.5) is 4.79 Å². The van der Waals surface area contributed by atoms with E-state index in [1.165, 1.54) is 0 Å². The van der Waals surface area contributed by atoms with Crippen LogP contribution in [-0.2, 0) is 4.79 Å². The molecule has 0 saturated heterocycles. The third-order valence-electron chi connectivity index (χ3n) is 1.31. The van der Waals surface area contributed by atoms with E-state index in [1.807, 2.05) is 0 Å². The molecule has 4 heteroatoms. The number of imide groups is 1. The quantitative estimate of drug-likeness (QED) is 0.476.